The number of benzene rings is 1. The van der Waals surface area contributed by atoms with Crippen molar-refractivity contribution in [2.45, 2.75) is 18.6 Å². The lowest BCUT2D eigenvalue weighted by Crippen LogP contribution is -2.49. The SMILES string of the molecule is NC(=O)Nc1cc(-c2cccc(F)c2)sc1C(=O)N[C@@H]1CNC[C@@H](F)C1. The summed E-state index contributed by atoms with van der Waals surface area (Å²) in [6.07, 6.45) is -0.803. The fourth-order valence-corrected chi connectivity index (χ4v) is 3.83. The molecule has 6 nitrogen and oxygen atoms in total. The van der Waals surface area contributed by atoms with Gasteiger partial charge in [-0.1, -0.05) is 12.1 Å². The zero-order chi connectivity index (χ0) is 18.7. The normalized spacial score (nSPS) is 19.8. The number of carbonyl (C=O) groups is 2. The minimum absolute atomic E-state index is 0.222. The minimum Gasteiger partial charge on any atom is -0.351 e. The smallest absolute Gasteiger partial charge is 0.316 e. The van der Waals surface area contributed by atoms with Crippen LogP contribution in [-0.2, 0) is 0 Å². The summed E-state index contributed by atoms with van der Waals surface area (Å²) in [6, 6.07) is 6.30. The lowest BCUT2D eigenvalue weighted by molar-refractivity contribution is 0.0923. The molecule has 3 rings (SSSR count). The minimum atomic E-state index is -1.02. The highest BCUT2D eigenvalue weighted by Gasteiger charge is 2.25. The highest BCUT2D eigenvalue weighted by Crippen LogP contribution is 2.35. The molecule has 1 fully saturated rings. The van der Waals surface area contributed by atoms with E-state index in [1.54, 1.807) is 18.2 Å². The summed E-state index contributed by atoms with van der Waals surface area (Å²) in [5.41, 5.74) is 5.98. The zero-order valence-corrected chi connectivity index (χ0v) is 14.5. The van der Waals surface area contributed by atoms with E-state index < -0.39 is 23.9 Å². The van der Waals surface area contributed by atoms with E-state index in [1.807, 2.05) is 0 Å². The second kappa shape index (κ2) is 7.79. The summed E-state index contributed by atoms with van der Waals surface area (Å²) >= 11 is 1.10. The number of nitrogens with one attached hydrogen (secondary N) is 3. The van der Waals surface area contributed by atoms with Gasteiger partial charge in [0.2, 0.25) is 0 Å². The third-order valence-corrected chi connectivity index (χ3v) is 5.12. The van der Waals surface area contributed by atoms with E-state index >= 15 is 0 Å². The van der Waals surface area contributed by atoms with Crippen molar-refractivity contribution in [1.29, 1.82) is 0 Å². The molecule has 0 spiro atoms. The topological polar surface area (TPSA) is 96.2 Å². The molecule has 9 heteroatoms. The number of rotatable bonds is 4. The van der Waals surface area contributed by atoms with Gasteiger partial charge in [0, 0.05) is 30.4 Å². The van der Waals surface area contributed by atoms with Gasteiger partial charge in [0.25, 0.3) is 5.91 Å². The van der Waals surface area contributed by atoms with Crippen molar-refractivity contribution in [2.75, 3.05) is 18.4 Å². The van der Waals surface area contributed by atoms with Crippen LogP contribution in [0.3, 0.4) is 0 Å². The second-order valence-corrected chi connectivity index (χ2v) is 7.07. The fourth-order valence-electron chi connectivity index (χ4n) is 2.82. The van der Waals surface area contributed by atoms with Crippen molar-refractivity contribution in [3.05, 3.63) is 41.0 Å². The number of alkyl halides is 1. The Bertz CT molecular complexity index is 827. The summed E-state index contributed by atoms with van der Waals surface area (Å²) in [5.74, 6) is -0.851. The van der Waals surface area contributed by atoms with Gasteiger partial charge in [0.15, 0.2) is 0 Å². The Morgan fingerprint density at radius 2 is 2.08 bits per heavy atom. The Morgan fingerprint density at radius 3 is 2.77 bits per heavy atom. The van der Waals surface area contributed by atoms with E-state index in [0.29, 0.717) is 17.0 Å². The second-order valence-electron chi connectivity index (χ2n) is 6.01. The summed E-state index contributed by atoms with van der Waals surface area (Å²) < 4.78 is 26.9. The van der Waals surface area contributed by atoms with Gasteiger partial charge in [-0.3, -0.25) is 4.79 Å². The Balaban J connectivity index is 1.86. The van der Waals surface area contributed by atoms with Crippen molar-refractivity contribution in [3.8, 4) is 10.4 Å². The average molecular weight is 380 g/mol. The van der Waals surface area contributed by atoms with E-state index in [-0.39, 0.29) is 29.6 Å². The summed E-state index contributed by atoms with van der Waals surface area (Å²) in [7, 11) is 0. The molecule has 26 heavy (non-hydrogen) atoms. The van der Waals surface area contributed by atoms with Gasteiger partial charge in [-0.25, -0.2) is 13.6 Å². The van der Waals surface area contributed by atoms with Crippen LogP contribution in [0.15, 0.2) is 30.3 Å². The number of anilines is 1. The molecule has 0 aliphatic carbocycles. The standard InChI is InChI=1S/C17H18F2N4O2S/c18-10-3-1-2-9(4-10)14-6-13(23-17(20)25)15(26-14)16(24)22-12-5-11(19)7-21-8-12/h1-4,6,11-12,21H,5,7-8H2,(H,22,24)(H3,20,23,25)/t11-,12-/m0/s1. The van der Waals surface area contributed by atoms with Crippen LogP contribution in [0.4, 0.5) is 19.3 Å². The molecule has 2 atom stereocenters. The Kier molecular flexibility index (Phi) is 5.48. The van der Waals surface area contributed by atoms with Gasteiger partial charge in [-0.15, -0.1) is 11.3 Å². The summed E-state index contributed by atoms with van der Waals surface area (Å²) in [4.78, 5) is 24.7. The van der Waals surface area contributed by atoms with Crippen molar-refractivity contribution < 1.29 is 18.4 Å². The van der Waals surface area contributed by atoms with E-state index in [9.17, 15) is 18.4 Å². The molecule has 5 N–H and O–H groups in total. The van der Waals surface area contributed by atoms with Crippen molar-refractivity contribution in [2.24, 2.45) is 5.73 Å². The molecule has 0 bridgehead atoms. The van der Waals surface area contributed by atoms with Crippen LogP contribution in [0, 0.1) is 5.82 Å². The predicted octanol–water partition coefficient (Wildman–Crippen LogP) is 2.47. The largest absolute Gasteiger partial charge is 0.351 e. The highest BCUT2D eigenvalue weighted by molar-refractivity contribution is 7.18. The number of primary amides is 1. The number of carbonyl (C=O) groups excluding carboxylic acids is 2. The molecule has 2 heterocycles. The van der Waals surface area contributed by atoms with E-state index in [1.165, 1.54) is 12.1 Å². The van der Waals surface area contributed by atoms with E-state index in [0.717, 1.165) is 11.3 Å². The Labute approximate surface area is 152 Å². The van der Waals surface area contributed by atoms with Crippen LogP contribution < -0.4 is 21.7 Å². The maximum absolute atomic E-state index is 13.5. The number of thiophene rings is 1. The number of piperidine rings is 1. The molecular weight excluding hydrogens is 362 g/mol. The molecule has 1 aliphatic rings. The maximum atomic E-state index is 13.5. The molecule has 1 aromatic heterocycles. The molecular formula is C17H18F2N4O2S. The first-order chi connectivity index (χ1) is 12.4. The number of nitrogens with two attached hydrogens (primary N) is 1. The lowest BCUT2D eigenvalue weighted by Gasteiger charge is -2.26. The first-order valence-corrected chi connectivity index (χ1v) is 8.86. The van der Waals surface area contributed by atoms with Crippen LogP contribution >= 0.6 is 11.3 Å². The molecule has 1 aromatic carbocycles. The molecule has 1 aliphatic heterocycles. The fraction of sp³-hybridized carbons (Fsp3) is 0.294. The van der Waals surface area contributed by atoms with Crippen LogP contribution in [0.1, 0.15) is 16.1 Å². The lowest BCUT2D eigenvalue weighted by atomic mass is 10.1. The third kappa shape index (κ3) is 4.36. The van der Waals surface area contributed by atoms with Crippen LogP contribution in [0.25, 0.3) is 10.4 Å². The molecule has 1 saturated heterocycles. The average Bonchev–Trinajstić information content (AvgIpc) is 2.98. The number of urea groups is 1. The van der Waals surface area contributed by atoms with Gasteiger partial charge in [-0.05, 0) is 23.8 Å². The van der Waals surface area contributed by atoms with Crippen molar-refractivity contribution >= 4 is 29.0 Å². The first kappa shape index (κ1) is 18.3. The molecule has 138 valence electrons. The molecule has 2 aromatic rings. The van der Waals surface area contributed by atoms with Gasteiger partial charge in [0.1, 0.15) is 16.9 Å². The predicted molar refractivity (Wildman–Crippen MR) is 96.6 cm³/mol. The zero-order valence-electron chi connectivity index (χ0n) is 13.7. The first-order valence-electron chi connectivity index (χ1n) is 8.04. The summed E-state index contributed by atoms with van der Waals surface area (Å²) in [5, 5.41) is 8.08. The van der Waals surface area contributed by atoms with Gasteiger partial charge in [-0.2, -0.15) is 0 Å². The van der Waals surface area contributed by atoms with Gasteiger partial charge >= 0.3 is 6.03 Å². The summed E-state index contributed by atoms with van der Waals surface area (Å²) in [6.45, 7) is 0.733. The van der Waals surface area contributed by atoms with Crippen molar-refractivity contribution in [1.82, 2.24) is 10.6 Å². The van der Waals surface area contributed by atoms with Gasteiger partial charge in [0.05, 0.1) is 5.69 Å². The molecule has 0 radical (unpaired) electrons. The highest BCUT2D eigenvalue weighted by atomic mass is 32.1. The van der Waals surface area contributed by atoms with Crippen molar-refractivity contribution in [3.63, 3.8) is 0 Å². The Morgan fingerprint density at radius 1 is 1.27 bits per heavy atom. The maximum Gasteiger partial charge on any atom is 0.316 e. The van der Waals surface area contributed by atoms with E-state index in [4.69, 9.17) is 5.73 Å². The number of hydrogen-bond donors (Lipinski definition) is 4. The van der Waals surface area contributed by atoms with Crippen LogP contribution in [-0.4, -0.2) is 37.2 Å². The van der Waals surface area contributed by atoms with E-state index in [2.05, 4.69) is 16.0 Å². The molecule has 0 unspecified atom stereocenters. The van der Waals surface area contributed by atoms with Crippen LogP contribution in [0.5, 0.6) is 0 Å². The quantitative estimate of drug-likeness (QED) is 0.656. The monoisotopic (exact) mass is 380 g/mol. The molecule has 3 amide bonds. The number of amides is 3. The number of hydrogen-bond acceptors (Lipinski definition) is 4. The Hall–Kier alpha value is -2.52. The van der Waals surface area contributed by atoms with Gasteiger partial charge < -0.3 is 21.7 Å². The third-order valence-electron chi connectivity index (χ3n) is 3.94. The van der Waals surface area contributed by atoms with Crippen LogP contribution in [0.2, 0.25) is 0 Å². The molecule has 0 saturated carbocycles. The number of halogens is 2.